The van der Waals surface area contributed by atoms with Crippen LogP contribution in [0.4, 0.5) is 0 Å². The molecule has 0 bridgehead atoms. The number of hydrogen-bond donors (Lipinski definition) is 5. The zero-order valence-electron chi connectivity index (χ0n) is 13.3. The minimum atomic E-state index is -2.23. The maximum absolute atomic E-state index is 12.2. The third-order valence-electron chi connectivity index (χ3n) is 4.93. The predicted octanol–water partition coefficient (Wildman–Crippen LogP) is -2.93. The summed E-state index contributed by atoms with van der Waals surface area (Å²) >= 11 is 0. The summed E-state index contributed by atoms with van der Waals surface area (Å²) < 4.78 is 16.8. The van der Waals surface area contributed by atoms with Crippen LogP contribution < -0.4 is 10.6 Å². The third-order valence-corrected chi connectivity index (χ3v) is 4.93. The van der Waals surface area contributed by atoms with Gasteiger partial charge in [0.1, 0.15) is 18.3 Å². The molecule has 3 rings (SSSR count). The molecular weight excluding hydrogens is 308 g/mol. The lowest BCUT2D eigenvalue weighted by atomic mass is 9.80. The van der Waals surface area contributed by atoms with Crippen molar-refractivity contribution in [3.8, 4) is 0 Å². The first-order valence-corrected chi connectivity index (χ1v) is 7.78. The van der Waals surface area contributed by atoms with E-state index < -0.39 is 60.5 Å². The van der Waals surface area contributed by atoms with Crippen LogP contribution in [0.25, 0.3) is 0 Å². The van der Waals surface area contributed by atoms with Crippen molar-refractivity contribution in [2.45, 2.75) is 68.0 Å². The average Bonchev–Trinajstić information content (AvgIpc) is 2.49. The molecule has 132 valence electrons. The fourth-order valence-corrected chi connectivity index (χ4v) is 3.68. The summed E-state index contributed by atoms with van der Waals surface area (Å²) in [5.41, 5.74) is 0. The molecule has 3 fully saturated rings. The van der Waals surface area contributed by atoms with E-state index in [4.69, 9.17) is 14.2 Å². The van der Waals surface area contributed by atoms with E-state index in [1.807, 2.05) is 0 Å². The standard InChI is InChI=1S/C14H24N2O7/c1-5-4-6(17)14(20)13(21-5)22-12-10(19)7(15-2)9(18)8(16-3)11(12)23-14/h5,7-13,15-16,18-20H,4H2,1-3H3/t5-,7-,8+,9+,10-,11-,12+,13-,14-/m0/s1. The van der Waals surface area contributed by atoms with Crippen LogP contribution in [0.5, 0.6) is 0 Å². The Labute approximate surface area is 133 Å². The summed E-state index contributed by atoms with van der Waals surface area (Å²) in [6.07, 6.45) is -5.58. The molecule has 2 saturated heterocycles. The summed E-state index contributed by atoms with van der Waals surface area (Å²) in [4.78, 5) is 12.2. The van der Waals surface area contributed by atoms with E-state index in [-0.39, 0.29) is 6.42 Å². The number of aliphatic hydroxyl groups excluding tert-OH is 2. The zero-order chi connectivity index (χ0) is 16.9. The van der Waals surface area contributed by atoms with Crippen molar-refractivity contribution >= 4 is 5.78 Å². The van der Waals surface area contributed by atoms with E-state index in [1.165, 1.54) is 0 Å². The summed E-state index contributed by atoms with van der Waals surface area (Å²) in [6, 6.07) is -1.29. The smallest absolute Gasteiger partial charge is 0.280 e. The summed E-state index contributed by atoms with van der Waals surface area (Å²) in [5.74, 6) is -2.76. The van der Waals surface area contributed by atoms with Gasteiger partial charge in [-0.1, -0.05) is 0 Å². The monoisotopic (exact) mass is 332 g/mol. The molecule has 9 nitrogen and oxygen atoms in total. The van der Waals surface area contributed by atoms with Crippen LogP contribution in [0.1, 0.15) is 13.3 Å². The van der Waals surface area contributed by atoms with E-state index in [9.17, 15) is 20.1 Å². The van der Waals surface area contributed by atoms with Gasteiger partial charge in [-0.2, -0.15) is 0 Å². The van der Waals surface area contributed by atoms with E-state index >= 15 is 0 Å². The van der Waals surface area contributed by atoms with Gasteiger partial charge in [-0.3, -0.25) is 4.79 Å². The number of carbonyl (C=O) groups is 1. The van der Waals surface area contributed by atoms with Crippen LogP contribution in [0.15, 0.2) is 0 Å². The molecule has 3 aliphatic rings. The average molecular weight is 332 g/mol. The molecule has 0 radical (unpaired) electrons. The molecule has 0 unspecified atom stereocenters. The number of fused-ring (bicyclic) bond motifs is 2. The lowest BCUT2D eigenvalue weighted by Crippen LogP contribution is -2.77. The second kappa shape index (κ2) is 6.01. The minimum Gasteiger partial charge on any atom is -0.390 e. The Morgan fingerprint density at radius 1 is 1.09 bits per heavy atom. The van der Waals surface area contributed by atoms with Gasteiger partial charge in [-0.05, 0) is 21.0 Å². The molecule has 2 aliphatic heterocycles. The molecule has 0 spiro atoms. The Kier molecular flexibility index (Phi) is 4.49. The third kappa shape index (κ3) is 2.52. The number of carbonyl (C=O) groups excluding carboxylic acids is 1. The number of Topliss-reactive ketones (excluding diaryl/α,β-unsaturated/α-hetero) is 1. The SMILES string of the molecule is CN[C@H]1[C@@H](O)[C@@H](NC)[C@@H]2O[C@@]3(O)C(=O)C[C@H](C)O[C@H]3O[C@@H]2[C@H]1O. The Hall–Kier alpha value is -0.650. The van der Waals surface area contributed by atoms with Crippen LogP contribution in [0.2, 0.25) is 0 Å². The second-order valence-electron chi connectivity index (χ2n) is 6.40. The van der Waals surface area contributed by atoms with Gasteiger partial charge in [-0.25, -0.2) is 0 Å². The Morgan fingerprint density at radius 2 is 1.74 bits per heavy atom. The quantitative estimate of drug-likeness (QED) is 0.361. The maximum atomic E-state index is 12.2. The molecule has 0 aromatic rings. The fraction of sp³-hybridized carbons (Fsp3) is 0.929. The lowest BCUT2D eigenvalue weighted by Gasteiger charge is -2.55. The van der Waals surface area contributed by atoms with Crippen molar-refractivity contribution in [3.05, 3.63) is 0 Å². The van der Waals surface area contributed by atoms with Crippen molar-refractivity contribution in [2.24, 2.45) is 0 Å². The predicted molar refractivity (Wildman–Crippen MR) is 76.4 cm³/mol. The van der Waals surface area contributed by atoms with Gasteiger partial charge >= 0.3 is 0 Å². The summed E-state index contributed by atoms with van der Waals surface area (Å²) in [5, 5.41) is 37.2. The van der Waals surface area contributed by atoms with Gasteiger partial charge in [0, 0.05) is 6.42 Å². The zero-order valence-corrected chi connectivity index (χ0v) is 13.3. The van der Waals surface area contributed by atoms with Crippen LogP contribution >= 0.6 is 0 Å². The van der Waals surface area contributed by atoms with Gasteiger partial charge in [-0.15, -0.1) is 0 Å². The first-order chi connectivity index (χ1) is 10.8. The Balaban J connectivity index is 1.92. The van der Waals surface area contributed by atoms with E-state index in [0.29, 0.717) is 0 Å². The Bertz CT molecular complexity index is 478. The molecule has 2 heterocycles. The molecule has 0 aromatic heterocycles. The van der Waals surface area contributed by atoms with Crippen molar-refractivity contribution < 1.29 is 34.3 Å². The highest BCUT2D eigenvalue weighted by Crippen LogP contribution is 2.40. The van der Waals surface area contributed by atoms with Gasteiger partial charge in [0.05, 0.1) is 24.3 Å². The fourth-order valence-electron chi connectivity index (χ4n) is 3.68. The number of ketones is 1. The van der Waals surface area contributed by atoms with Crippen LogP contribution in [0, 0.1) is 0 Å². The Morgan fingerprint density at radius 3 is 2.35 bits per heavy atom. The normalized spacial score (nSPS) is 53.6. The topological polar surface area (TPSA) is 130 Å². The molecule has 0 amide bonds. The van der Waals surface area contributed by atoms with Gasteiger partial charge in [0.25, 0.3) is 5.79 Å². The van der Waals surface area contributed by atoms with Crippen LogP contribution in [-0.4, -0.2) is 89.9 Å². The summed E-state index contributed by atoms with van der Waals surface area (Å²) in [6.45, 7) is 1.70. The number of likely N-dealkylation sites (N-methyl/N-ethyl adjacent to an activating group) is 2. The number of rotatable bonds is 2. The molecule has 1 aliphatic carbocycles. The molecule has 0 aromatic carbocycles. The highest BCUT2D eigenvalue weighted by molar-refractivity contribution is 5.87. The highest BCUT2D eigenvalue weighted by Gasteiger charge is 2.63. The van der Waals surface area contributed by atoms with Crippen molar-refractivity contribution in [1.29, 1.82) is 0 Å². The maximum Gasteiger partial charge on any atom is 0.280 e. The van der Waals surface area contributed by atoms with Crippen LogP contribution in [-0.2, 0) is 19.0 Å². The van der Waals surface area contributed by atoms with E-state index in [1.54, 1.807) is 21.0 Å². The first-order valence-electron chi connectivity index (χ1n) is 7.78. The van der Waals surface area contributed by atoms with Crippen molar-refractivity contribution in [3.63, 3.8) is 0 Å². The van der Waals surface area contributed by atoms with E-state index in [0.717, 1.165) is 0 Å². The number of ether oxygens (including phenoxy) is 3. The van der Waals surface area contributed by atoms with Crippen LogP contribution in [0.3, 0.4) is 0 Å². The van der Waals surface area contributed by atoms with Gasteiger partial charge in [0.15, 0.2) is 5.78 Å². The lowest BCUT2D eigenvalue weighted by molar-refractivity contribution is -0.420. The molecular formula is C14H24N2O7. The highest BCUT2D eigenvalue weighted by atomic mass is 16.8. The minimum absolute atomic E-state index is 0.00220. The first kappa shape index (κ1) is 17.2. The molecule has 9 atom stereocenters. The van der Waals surface area contributed by atoms with Crippen molar-refractivity contribution in [2.75, 3.05) is 14.1 Å². The van der Waals surface area contributed by atoms with Gasteiger partial charge in [0.2, 0.25) is 6.29 Å². The molecule has 1 saturated carbocycles. The van der Waals surface area contributed by atoms with Gasteiger partial charge < -0.3 is 40.2 Å². The second-order valence-corrected chi connectivity index (χ2v) is 6.40. The summed E-state index contributed by atoms with van der Waals surface area (Å²) in [7, 11) is 3.24. The largest absolute Gasteiger partial charge is 0.390 e. The molecule has 5 N–H and O–H groups in total. The number of nitrogens with one attached hydrogen (secondary N) is 2. The van der Waals surface area contributed by atoms with Crippen molar-refractivity contribution in [1.82, 2.24) is 10.6 Å². The number of hydrogen-bond acceptors (Lipinski definition) is 9. The van der Waals surface area contributed by atoms with E-state index in [2.05, 4.69) is 10.6 Å². The molecule has 23 heavy (non-hydrogen) atoms. The number of aliphatic hydroxyl groups is 3. The molecule has 9 heteroatoms.